The zero-order valence-corrected chi connectivity index (χ0v) is 37.8. The second-order valence-corrected chi connectivity index (χ2v) is 19.0. The molecule has 0 bridgehead atoms. The molecule has 19 nitrogen and oxygen atoms in total. The van der Waals surface area contributed by atoms with Crippen molar-refractivity contribution in [3.05, 3.63) is 95.8 Å². The number of nitrogens with zero attached hydrogens (tertiary/aromatic N) is 10. The summed E-state index contributed by atoms with van der Waals surface area (Å²) in [6.07, 6.45) is 7.08. The average molecular weight is 920 g/mol. The lowest BCUT2D eigenvalue weighted by Gasteiger charge is -2.44. The molecular weight excluding hydrogens is 867 g/mol. The Morgan fingerprint density at radius 1 is 0.794 bits per heavy atom. The first-order chi connectivity index (χ1) is 33.0. The Morgan fingerprint density at radius 3 is 2.29 bits per heavy atom. The maximum absolute atomic E-state index is 13.5. The van der Waals surface area contributed by atoms with Crippen LogP contribution in [0.5, 0.6) is 0 Å². The van der Waals surface area contributed by atoms with Crippen LogP contribution in [0.25, 0.3) is 11.2 Å². The molecule has 6 aliphatic rings. The van der Waals surface area contributed by atoms with Gasteiger partial charge in [0.05, 0.1) is 23.4 Å². The number of imidazole rings is 1. The quantitative estimate of drug-likeness (QED) is 0.163. The maximum atomic E-state index is 13.5. The second-order valence-electron chi connectivity index (χ2n) is 19.0. The fourth-order valence-corrected chi connectivity index (χ4v) is 10.6. The Kier molecular flexibility index (Phi) is 11.3. The van der Waals surface area contributed by atoms with Crippen molar-refractivity contribution in [2.45, 2.75) is 63.6 Å². The number of fused-ring (bicyclic) bond motifs is 2. The smallest absolute Gasteiger partial charge is 0.270 e. The van der Waals surface area contributed by atoms with Crippen molar-refractivity contribution in [3.63, 3.8) is 0 Å². The summed E-state index contributed by atoms with van der Waals surface area (Å²) in [5.41, 5.74) is 6.04. The number of hydrogen-bond donors (Lipinski definition) is 3. The summed E-state index contributed by atoms with van der Waals surface area (Å²) in [4.78, 5) is 105. The van der Waals surface area contributed by atoms with Gasteiger partial charge in [0.15, 0.2) is 17.0 Å². The van der Waals surface area contributed by atoms with Crippen LogP contribution in [-0.4, -0.2) is 146 Å². The molecule has 6 amide bonds. The first-order valence-electron chi connectivity index (χ1n) is 23.7. The summed E-state index contributed by atoms with van der Waals surface area (Å²) in [5, 5.41) is 8.77. The van der Waals surface area contributed by atoms with Crippen molar-refractivity contribution in [1.82, 2.24) is 49.8 Å². The van der Waals surface area contributed by atoms with Crippen molar-refractivity contribution in [1.29, 1.82) is 0 Å². The topological polar surface area (TPSA) is 211 Å². The van der Waals surface area contributed by atoms with Gasteiger partial charge in [-0.1, -0.05) is 6.07 Å². The van der Waals surface area contributed by atoms with Gasteiger partial charge in [0, 0.05) is 100 Å². The van der Waals surface area contributed by atoms with Gasteiger partial charge in [-0.3, -0.25) is 43.9 Å². The SMILES string of the molecule is Cc1cccc(C(=O)NC2CC(n3cnc4c(Nc5ccc(N6CCN(CC7CCN(C(=O)C8CN(c9ccc%10c(c9)C(=O)N([C@H]9CCC(=O)NC9=O)C%10=O)C8)CC7)CC6)cc5)ncnc43)C2)n1. The molecule has 68 heavy (non-hydrogen) atoms. The van der Waals surface area contributed by atoms with Gasteiger partial charge in [-0.05, 0) is 99.5 Å². The number of amides is 6. The minimum Gasteiger partial charge on any atom is -0.370 e. The summed E-state index contributed by atoms with van der Waals surface area (Å²) >= 11 is 0. The van der Waals surface area contributed by atoms with Gasteiger partial charge >= 0.3 is 0 Å². The fourth-order valence-electron chi connectivity index (χ4n) is 10.6. The van der Waals surface area contributed by atoms with E-state index in [9.17, 15) is 28.8 Å². The van der Waals surface area contributed by atoms with Gasteiger partial charge in [0.2, 0.25) is 17.7 Å². The molecule has 1 saturated carbocycles. The molecule has 5 aromatic rings. The van der Waals surface area contributed by atoms with Crippen LogP contribution in [0.4, 0.5) is 22.9 Å². The molecule has 3 aromatic heterocycles. The van der Waals surface area contributed by atoms with E-state index in [1.165, 1.54) is 5.69 Å². The van der Waals surface area contributed by atoms with E-state index in [4.69, 9.17) is 0 Å². The highest BCUT2D eigenvalue weighted by Crippen LogP contribution is 2.37. The molecule has 0 unspecified atom stereocenters. The number of benzene rings is 2. The van der Waals surface area contributed by atoms with Crippen LogP contribution in [0.3, 0.4) is 0 Å². The number of hydrogen-bond acceptors (Lipinski definition) is 14. The largest absolute Gasteiger partial charge is 0.370 e. The summed E-state index contributed by atoms with van der Waals surface area (Å²) in [6, 6.07) is 18.2. The number of piperidine rings is 2. The van der Waals surface area contributed by atoms with Crippen molar-refractivity contribution in [2.24, 2.45) is 11.8 Å². The molecule has 8 heterocycles. The highest BCUT2D eigenvalue weighted by molar-refractivity contribution is 6.23. The molecule has 1 aliphatic carbocycles. The van der Waals surface area contributed by atoms with Gasteiger partial charge in [0.25, 0.3) is 17.7 Å². The Balaban J connectivity index is 0.606. The maximum Gasteiger partial charge on any atom is 0.270 e. The number of pyridine rings is 1. The molecule has 11 rings (SSSR count). The minimum atomic E-state index is -1.01. The highest BCUT2D eigenvalue weighted by Gasteiger charge is 2.45. The summed E-state index contributed by atoms with van der Waals surface area (Å²) < 4.78 is 2.08. The summed E-state index contributed by atoms with van der Waals surface area (Å²) in [6.45, 7) is 9.33. The van der Waals surface area contributed by atoms with E-state index in [0.29, 0.717) is 36.0 Å². The van der Waals surface area contributed by atoms with Crippen molar-refractivity contribution >= 4 is 69.5 Å². The number of piperazine rings is 1. The number of carbonyl (C=O) groups is 6. The number of aromatic nitrogens is 5. The number of imide groups is 2. The fraction of sp³-hybridized carbons (Fsp3) is 0.429. The van der Waals surface area contributed by atoms with E-state index in [1.54, 1.807) is 30.6 Å². The Labute approximate surface area is 392 Å². The molecule has 0 radical (unpaired) electrons. The minimum absolute atomic E-state index is 0.0628. The first-order valence-corrected chi connectivity index (χ1v) is 23.7. The Morgan fingerprint density at radius 2 is 1.54 bits per heavy atom. The summed E-state index contributed by atoms with van der Waals surface area (Å²) in [7, 11) is 0. The molecule has 5 fully saturated rings. The van der Waals surface area contributed by atoms with Gasteiger partial charge in [-0.15, -0.1) is 0 Å². The first kappa shape index (κ1) is 43.3. The molecule has 4 saturated heterocycles. The number of aryl methyl sites for hydroxylation is 1. The van der Waals surface area contributed by atoms with Crippen LogP contribution in [-0.2, 0) is 14.4 Å². The molecular formula is C49H53N13O6. The summed E-state index contributed by atoms with van der Waals surface area (Å²) in [5.74, 6) is -1.03. The van der Waals surface area contributed by atoms with Crippen molar-refractivity contribution in [2.75, 3.05) is 74.0 Å². The van der Waals surface area contributed by atoms with Crippen molar-refractivity contribution in [3.8, 4) is 0 Å². The van der Waals surface area contributed by atoms with Crippen LogP contribution in [0.15, 0.2) is 73.3 Å². The Bertz CT molecular complexity index is 2820. The predicted molar refractivity (Wildman–Crippen MR) is 250 cm³/mol. The van der Waals surface area contributed by atoms with Crippen molar-refractivity contribution < 1.29 is 28.8 Å². The van der Waals surface area contributed by atoms with Gasteiger partial charge in [0.1, 0.15) is 18.1 Å². The third kappa shape index (κ3) is 8.28. The third-order valence-corrected chi connectivity index (χ3v) is 14.7. The van der Waals surface area contributed by atoms with Gasteiger partial charge in [-0.25, -0.2) is 19.9 Å². The average Bonchev–Trinajstić information content (AvgIpc) is 3.85. The highest BCUT2D eigenvalue weighted by atomic mass is 16.2. The molecule has 3 N–H and O–H groups in total. The van der Waals surface area contributed by atoms with E-state index >= 15 is 0 Å². The van der Waals surface area contributed by atoms with E-state index in [1.807, 2.05) is 35.2 Å². The lowest BCUT2D eigenvalue weighted by atomic mass is 9.86. The third-order valence-electron chi connectivity index (χ3n) is 14.7. The Hall–Kier alpha value is -7.28. The van der Waals surface area contributed by atoms with Crippen LogP contribution >= 0.6 is 0 Å². The molecule has 5 aliphatic heterocycles. The van der Waals surface area contributed by atoms with Gasteiger partial charge in [-0.2, -0.15) is 0 Å². The standard InChI is InChI=1S/C49H53N13O6/c1-29-3-2-4-39(53-29)45(64)55-33-21-36(22-33)61-28-52-42-43(50-27-51-44(42)61)54-32-5-7-34(8-6-32)58-19-17-57(18-20-58)24-30-13-15-59(16-14-30)47(66)31-25-60(26-31)35-9-10-37-38(23-35)49(68)62(48(37)67)40-11-12-41(63)56-46(40)65/h2-10,23,27-28,30-31,33,36,40H,11-22,24-26H2,1H3,(H,55,64)(H,50,51,54)(H,56,63,65)/t33?,36?,40-/m0/s1. The van der Waals surface area contributed by atoms with Crippen LogP contribution < -0.4 is 25.8 Å². The predicted octanol–water partition coefficient (Wildman–Crippen LogP) is 3.31. The second kappa shape index (κ2) is 17.7. The molecule has 0 spiro atoms. The zero-order valence-electron chi connectivity index (χ0n) is 37.8. The molecule has 1 atom stereocenters. The number of nitrogens with one attached hydrogen (secondary N) is 3. The van der Waals surface area contributed by atoms with E-state index in [0.717, 1.165) is 99.1 Å². The lowest BCUT2D eigenvalue weighted by molar-refractivity contribution is -0.138. The number of anilines is 4. The zero-order chi connectivity index (χ0) is 46.6. The van der Waals surface area contributed by atoms with Crippen LogP contribution in [0.1, 0.15) is 81.5 Å². The van der Waals surface area contributed by atoms with E-state index in [2.05, 4.69) is 74.5 Å². The normalized spacial score (nSPS) is 22.5. The van der Waals surface area contributed by atoms with Crippen LogP contribution in [0, 0.1) is 18.8 Å². The lowest BCUT2D eigenvalue weighted by Crippen LogP contribution is -2.56. The van der Waals surface area contributed by atoms with Gasteiger partial charge < -0.3 is 29.9 Å². The van der Waals surface area contributed by atoms with E-state index < -0.39 is 29.7 Å². The molecule has 2 aromatic carbocycles. The molecule has 19 heteroatoms. The number of carbonyl (C=O) groups excluding carboxylic acids is 6. The van der Waals surface area contributed by atoms with E-state index in [-0.39, 0.29) is 53.8 Å². The number of likely N-dealkylation sites (tertiary alicyclic amines) is 1. The van der Waals surface area contributed by atoms with Crippen LogP contribution in [0.2, 0.25) is 0 Å². The monoisotopic (exact) mass is 919 g/mol. The molecule has 350 valence electrons. The number of rotatable bonds is 11.